The molecule has 1 fully saturated rings. The quantitative estimate of drug-likeness (QED) is 0.359. The summed E-state index contributed by atoms with van der Waals surface area (Å²) in [5.74, 6) is 2.77. The van der Waals surface area contributed by atoms with Crippen LogP contribution < -0.4 is 14.8 Å². The summed E-state index contributed by atoms with van der Waals surface area (Å²) < 4.78 is 10.9. The van der Waals surface area contributed by atoms with Gasteiger partial charge in [0.2, 0.25) is 6.79 Å². The van der Waals surface area contributed by atoms with E-state index < -0.39 is 0 Å². The molecule has 0 aromatic heterocycles. The Bertz CT molecular complexity index is 672. The van der Waals surface area contributed by atoms with Gasteiger partial charge in [0.05, 0.1) is 0 Å². The number of fused-ring (bicyclic) bond motifs is 1. The zero-order valence-corrected chi connectivity index (χ0v) is 19.0. The highest BCUT2D eigenvalue weighted by Gasteiger charge is 2.20. The predicted octanol–water partition coefficient (Wildman–Crippen LogP) is 2.62. The molecule has 0 atom stereocenters. The van der Waals surface area contributed by atoms with Crippen molar-refractivity contribution in [2.45, 2.75) is 38.6 Å². The Balaban J connectivity index is 1.30. The van der Waals surface area contributed by atoms with Gasteiger partial charge in [-0.05, 0) is 51.2 Å². The summed E-state index contributed by atoms with van der Waals surface area (Å²) >= 11 is 0. The van der Waals surface area contributed by atoms with Crippen molar-refractivity contribution < 1.29 is 9.47 Å². The molecule has 7 heteroatoms. The van der Waals surface area contributed by atoms with Gasteiger partial charge in [0, 0.05) is 46.3 Å². The molecule has 168 valence electrons. The zero-order valence-electron chi connectivity index (χ0n) is 19.0. The Morgan fingerprint density at radius 1 is 1.00 bits per heavy atom. The van der Waals surface area contributed by atoms with Crippen molar-refractivity contribution in [3.63, 3.8) is 0 Å². The van der Waals surface area contributed by atoms with Crippen LogP contribution in [0.5, 0.6) is 11.5 Å². The van der Waals surface area contributed by atoms with Gasteiger partial charge in [-0.25, -0.2) is 0 Å². The summed E-state index contributed by atoms with van der Waals surface area (Å²) in [4.78, 5) is 11.6. The second-order valence-electron chi connectivity index (χ2n) is 8.50. The van der Waals surface area contributed by atoms with Gasteiger partial charge in [-0.3, -0.25) is 9.89 Å². The number of rotatable bonds is 10. The SMILES string of the molecule is CN=C(NCCCCCCCN(C)C)N1CCN(Cc2ccc3c(c2)OCO3)CC1. The molecule has 1 N–H and O–H groups in total. The average Bonchev–Trinajstić information content (AvgIpc) is 3.21. The first-order valence-electron chi connectivity index (χ1n) is 11.4. The van der Waals surface area contributed by atoms with E-state index in [1.165, 1.54) is 44.2 Å². The highest BCUT2D eigenvalue weighted by Crippen LogP contribution is 2.32. The second kappa shape index (κ2) is 12.0. The first-order valence-corrected chi connectivity index (χ1v) is 11.4. The van der Waals surface area contributed by atoms with Gasteiger partial charge in [-0.2, -0.15) is 0 Å². The maximum Gasteiger partial charge on any atom is 0.231 e. The Kier molecular flexibility index (Phi) is 9.08. The van der Waals surface area contributed by atoms with Gasteiger partial charge in [0.1, 0.15) is 0 Å². The fourth-order valence-corrected chi connectivity index (χ4v) is 4.03. The van der Waals surface area contributed by atoms with Gasteiger partial charge < -0.3 is 24.6 Å². The van der Waals surface area contributed by atoms with Gasteiger partial charge in [0.25, 0.3) is 0 Å². The van der Waals surface area contributed by atoms with Gasteiger partial charge >= 0.3 is 0 Å². The molecule has 0 unspecified atom stereocenters. The van der Waals surface area contributed by atoms with Crippen LogP contribution in [0, 0.1) is 0 Å². The molecule has 0 aliphatic carbocycles. The van der Waals surface area contributed by atoms with Crippen molar-refractivity contribution in [3.8, 4) is 11.5 Å². The van der Waals surface area contributed by atoms with E-state index in [1.54, 1.807) is 0 Å². The van der Waals surface area contributed by atoms with E-state index in [-0.39, 0.29) is 0 Å². The Morgan fingerprint density at radius 2 is 1.73 bits per heavy atom. The van der Waals surface area contributed by atoms with Crippen LogP contribution in [0.25, 0.3) is 0 Å². The number of nitrogens with zero attached hydrogens (tertiary/aromatic N) is 4. The molecule has 1 saturated heterocycles. The van der Waals surface area contributed by atoms with Crippen LogP contribution in [-0.4, -0.2) is 87.9 Å². The molecule has 0 amide bonds. The predicted molar refractivity (Wildman–Crippen MR) is 122 cm³/mol. The van der Waals surface area contributed by atoms with E-state index >= 15 is 0 Å². The molecule has 0 bridgehead atoms. The summed E-state index contributed by atoms with van der Waals surface area (Å²) in [5, 5.41) is 3.56. The van der Waals surface area contributed by atoms with E-state index in [9.17, 15) is 0 Å². The highest BCUT2D eigenvalue weighted by atomic mass is 16.7. The molecular formula is C23H39N5O2. The first-order chi connectivity index (χ1) is 14.7. The molecule has 1 aromatic rings. The molecular weight excluding hydrogens is 378 g/mol. The largest absolute Gasteiger partial charge is 0.454 e. The van der Waals surface area contributed by atoms with Crippen LogP contribution in [0.4, 0.5) is 0 Å². The lowest BCUT2D eigenvalue weighted by molar-refractivity contribution is 0.171. The number of hydrogen-bond acceptors (Lipinski definition) is 5. The van der Waals surface area contributed by atoms with Crippen molar-refractivity contribution in [1.82, 2.24) is 20.0 Å². The molecule has 3 rings (SSSR count). The van der Waals surface area contributed by atoms with Crippen molar-refractivity contribution in [2.24, 2.45) is 4.99 Å². The van der Waals surface area contributed by atoms with Crippen LogP contribution in [0.1, 0.15) is 37.7 Å². The fraction of sp³-hybridized carbons (Fsp3) is 0.696. The van der Waals surface area contributed by atoms with E-state index in [0.29, 0.717) is 6.79 Å². The molecule has 0 saturated carbocycles. The minimum atomic E-state index is 0.333. The van der Waals surface area contributed by atoms with Crippen molar-refractivity contribution in [3.05, 3.63) is 23.8 Å². The lowest BCUT2D eigenvalue weighted by atomic mass is 10.1. The minimum absolute atomic E-state index is 0.333. The Morgan fingerprint density at radius 3 is 2.50 bits per heavy atom. The summed E-state index contributed by atoms with van der Waals surface area (Å²) in [5.41, 5.74) is 1.28. The number of ether oxygens (including phenoxy) is 2. The number of nitrogens with one attached hydrogen (secondary N) is 1. The lowest BCUT2D eigenvalue weighted by Crippen LogP contribution is -2.52. The normalized spacial score (nSPS) is 17.1. The topological polar surface area (TPSA) is 52.6 Å². The van der Waals surface area contributed by atoms with E-state index in [2.05, 4.69) is 51.2 Å². The van der Waals surface area contributed by atoms with Gasteiger partial charge in [-0.15, -0.1) is 0 Å². The number of piperazine rings is 1. The average molecular weight is 418 g/mol. The summed E-state index contributed by atoms with van der Waals surface area (Å²) in [7, 11) is 6.18. The van der Waals surface area contributed by atoms with Gasteiger partial charge in [0.15, 0.2) is 17.5 Å². The number of hydrogen-bond donors (Lipinski definition) is 1. The van der Waals surface area contributed by atoms with Crippen LogP contribution in [0.2, 0.25) is 0 Å². The molecule has 0 spiro atoms. The number of guanidine groups is 1. The first kappa shape index (κ1) is 22.7. The minimum Gasteiger partial charge on any atom is -0.454 e. The standard InChI is InChI=1S/C23H39N5O2/c1-24-23(25-11-7-5-4-6-8-12-26(2)3)28-15-13-27(14-16-28)18-20-9-10-21-22(17-20)30-19-29-21/h9-10,17H,4-8,11-16,18-19H2,1-3H3,(H,24,25). The highest BCUT2D eigenvalue weighted by molar-refractivity contribution is 5.79. The van der Waals surface area contributed by atoms with Crippen molar-refractivity contribution in [1.29, 1.82) is 0 Å². The third-order valence-electron chi connectivity index (χ3n) is 5.79. The van der Waals surface area contributed by atoms with Gasteiger partial charge in [-0.1, -0.05) is 25.3 Å². The molecule has 2 aliphatic rings. The molecule has 0 radical (unpaired) electrons. The zero-order chi connectivity index (χ0) is 21.2. The van der Waals surface area contributed by atoms with E-state index in [0.717, 1.165) is 56.7 Å². The molecule has 7 nitrogen and oxygen atoms in total. The van der Waals surface area contributed by atoms with Crippen LogP contribution in [-0.2, 0) is 6.54 Å². The van der Waals surface area contributed by atoms with Crippen LogP contribution >= 0.6 is 0 Å². The number of unbranched alkanes of at least 4 members (excludes halogenated alkanes) is 4. The lowest BCUT2D eigenvalue weighted by Gasteiger charge is -2.36. The maximum atomic E-state index is 5.50. The second-order valence-corrected chi connectivity index (χ2v) is 8.50. The van der Waals surface area contributed by atoms with E-state index in [1.807, 2.05) is 13.1 Å². The molecule has 1 aromatic carbocycles. The van der Waals surface area contributed by atoms with Crippen LogP contribution in [0.3, 0.4) is 0 Å². The number of aliphatic imine (C=N–C) groups is 1. The van der Waals surface area contributed by atoms with Crippen molar-refractivity contribution >= 4 is 5.96 Å². The van der Waals surface area contributed by atoms with Crippen molar-refractivity contribution in [2.75, 3.05) is 67.2 Å². The summed E-state index contributed by atoms with van der Waals surface area (Å²) in [6, 6.07) is 6.26. The third-order valence-corrected chi connectivity index (χ3v) is 5.79. The molecule has 2 aliphatic heterocycles. The van der Waals surface area contributed by atoms with E-state index in [4.69, 9.17) is 9.47 Å². The maximum absolute atomic E-state index is 5.50. The third kappa shape index (κ3) is 7.06. The number of benzene rings is 1. The fourth-order valence-electron chi connectivity index (χ4n) is 4.03. The Labute approximate surface area is 182 Å². The smallest absolute Gasteiger partial charge is 0.231 e. The monoisotopic (exact) mass is 417 g/mol. The molecule has 2 heterocycles. The summed E-state index contributed by atoms with van der Waals surface area (Å²) in [6.45, 7) is 7.60. The summed E-state index contributed by atoms with van der Waals surface area (Å²) in [6.07, 6.45) is 6.47. The van der Waals surface area contributed by atoms with Crippen LogP contribution in [0.15, 0.2) is 23.2 Å². The molecule has 30 heavy (non-hydrogen) atoms. The Hall–Kier alpha value is -1.99.